The zero-order chi connectivity index (χ0) is 16.7. The first-order chi connectivity index (χ1) is 11.1. The van der Waals surface area contributed by atoms with E-state index in [2.05, 4.69) is 38.3 Å². The highest BCUT2D eigenvalue weighted by molar-refractivity contribution is 9.10. The van der Waals surface area contributed by atoms with Gasteiger partial charge in [-0.15, -0.1) is 0 Å². The van der Waals surface area contributed by atoms with Crippen LogP contribution in [-0.4, -0.2) is 24.4 Å². The Morgan fingerprint density at radius 3 is 2.78 bits per heavy atom. The fourth-order valence-electron chi connectivity index (χ4n) is 2.18. The van der Waals surface area contributed by atoms with E-state index in [1.807, 2.05) is 25.2 Å². The zero-order valence-corrected chi connectivity index (χ0v) is 14.5. The van der Waals surface area contributed by atoms with Gasteiger partial charge in [0.25, 0.3) is 0 Å². The van der Waals surface area contributed by atoms with Crippen molar-refractivity contribution in [1.29, 1.82) is 5.26 Å². The smallest absolute Gasteiger partial charge is 0.225 e. The number of benzene rings is 2. The molecular weight excluding hydrogens is 354 g/mol. The standard InChI is InChI=1S/C18H18BrN3O/c1-22(13-15-6-2-3-8-17(15)19)10-9-18(23)21-16-7-4-5-14(11-16)12-20/h2-8,11H,9-10,13H2,1H3,(H,21,23). The number of nitriles is 1. The number of halogens is 1. The van der Waals surface area contributed by atoms with E-state index in [0.29, 0.717) is 24.2 Å². The fraction of sp³-hybridized carbons (Fsp3) is 0.222. The van der Waals surface area contributed by atoms with Crippen molar-refractivity contribution in [3.05, 3.63) is 64.1 Å². The van der Waals surface area contributed by atoms with Crippen molar-refractivity contribution in [1.82, 2.24) is 4.90 Å². The van der Waals surface area contributed by atoms with E-state index in [0.717, 1.165) is 11.0 Å². The molecule has 0 bridgehead atoms. The van der Waals surface area contributed by atoms with Gasteiger partial charge in [-0.25, -0.2) is 0 Å². The molecule has 118 valence electrons. The molecule has 4 nitrogen and oxygen atoms in total. The molecule has 0 saturated carbocycles. The SMILES string of the molecule is CN(CCC(=O)Nc1cccc(C#N)c1)Cc1ccccc1Br. The Morgan fingerprint density at radius 1 is 1.26 bits per heavy atom. The maximum Gasteiger partial charge on any atom is 0.225 e. The monoisotopic (exact) mass is 371 g/mol. The van der Waals surface area contributed by atoms with Crippen LogP contribution in [-0.2, 0) is 11.3 Å². The van der Waals surface area contributed by atoms with Crippen molar-refractivity contribution in [2.75, 3.05) is 18.9 Å². The molecule has 5 heteroatoms. The third-order valence-electron chi connectivity index (χ3n) is 3.39. The lowest BCUT2D eigenvalue weighted by atomic mass is 10.2. The van der Waals surface area contributed by atoms with Crippen LogP contribution in [0.2, 0.25) is 0 Å². The number of anilines is 1. The minimum Gasteiger partial charge on any atom is -0.326 e. The first kappa shape index (κ1) is 17.2. The van der Waals surface area contributed by atoms with Gasteiger partial charge in [-0.05, 0) is 36.9 Å². The Hall–Kier alpha value is -2.16. The van der Waals surface area contributed by atoms with Crippen molar-refractivity contribution >= 4 is 27.5 Å². The number of amides is 1. The number of nitrogens with one attached hydrogen (secondary N) is 1. The van der Waals surface area contributed by atoms with Gasteiger partial charge in [-0.1, -0.05) is 40.2 Å². The summed E-state index contributed by atoms with van der Waals surface area (Å²) in [5.74, 6) is -0.0564. The van der Waals surface area contributed by atoms with Crippen molar-refractivity contribution in [2.24, 2.45) is 0 Å². The molecule has 23 heavy (non-hydrogen) atoms. The zero-order valence-electron chi connectivity index (χ0n) is 12.9. The lowest BCUT2D eigenvalue weighted by Crippen LogP contribution is -2.24. The lowest BCUT2D eigenvalue weighted by Gasteiger charge is -2.17. The van der Waals surface area contributed by atoms with Gasteiger partial charge in [0.2, 0.25) is 5.91 Å². The molecule has 0 aliphatic rings. The molecule has 0 unspecified atom stereocenters. The van der Waals surface area contributed by atoms with E-state index in [-0.39, 0.29) is 5.91 Å². The van der Waals surface area contributed by atoms with Gasteiger partial charge in [0.1, 0.15) is 0 Å². The number of hydrogen-bond donors (Lipinski definition) is 1. The maximum atomic E-state index is 12.0. The Morgan fingerprint density at radius 2 is 2.04 bits per heavy atom. The van der Waals surface area contributed by atoms with Crippen molar-refractivity contribution < 1.29 is 4.79 Å². The molecule has 2 aromatic rings. The predicted molar refractivity (Wildman–Crippen MR) is 94.9 cm³/mol. The molecule has 1 amide bonds. The highest BCUT2D eigenvalue weighted by Gasteiger charge is 2.07. The molecule has 0 aliphatic carbocycles. The molecule has 2 aromatic carbocycles. The molecule has 1 N–H and O–H groups in total. The lowest BCUT2D eigenvalue weighted by molar-refractivity contribution is -0.116. The predicted octanol–water partition coefficient (Wildman–Crippen LogP) is 3.78. The van der Waals surface area contributed by atoms with Gasteiger partial charge >= 0.3 is 0 Å². The second-order valence-electron chi connectivity index (χ2n) is 5.32. The van der Waals surface area contributed by atoms with Crippen molar-refractivity contribution in [3.8, 4) is 6.07 Å². The molecule has 0 radical (unpaired) electrons. The van der Waals surface area contributed by atoms with Crippen LogP contribution in [0.3, 0.4) is 0 Å². The van der Waals surface area contributed by atoms with E-state index in [9.17, 15) is 4.79 Å². The summed E-state index contributed by atoms with van der Waals surface area (Å²) in [5.41, 5.74) is 2.38. The van der Waals surface area contributed by atoms with Crippen molar-refractivity contribution in [3.63, 3.8) is 0 Å². The Kier molecular flexibility index (Phi) is 6.33. The average Bonchev–Trinajstić information content (AvgIpc) is 2.55. The quantitative estimate of drug-likeness (QED) is 0.840. The molecule has 2 rings (SSSR count). The van der Waals surface area contributed by atoms with Crippen LogP contribution in [0.4, 0.5) is 5.69 Å². The fourth-order valence-corrected chi connectivity index (χ4v) is 2.59. The first-order valence-corrected chi connectivity index (χ1v) is 8.10. The summed E-state index contributed by atoms with van der Waals surface area (Å²) in [6.07, 6.45) is 0.401. The van der Waals surface area contributed by atoms with Crippen LogP contribution < -0.4 is 5.32 Å². The topological polar surface area (TPSA) is 56.1 Å². The van der Waals surface area contributed by atoms with Crippen LogP contribution in [0.1, 0.15) is 17.5 Å². The molecule has 0 atom stereocenters. The van der Waals surface area contributed by atoms with Gasteiger partial charge in [0.05, 0.1) is 11.6 Å². The van der Waals surface area contributed by atoms with E-state index in [4.69, 9.17) is 5.26 Å². The number of rotatable bonds is 6. The molecule has 0 fully saturated rings. The molecule has 0 spiro atoms. The van der Waals surface area contributed by atoms with Crippen LogP contribution in [0.5, 0.6) is 0 Å². The molecule has 0 saturated heterocycles. The third-order valence-corrected chi connectivity index (χ3v) is 4.17. The average molecular weight is 372 g/mol. The minimum atomic E-state index is -0.0564. The summed E-state index contributed by atoms with van der Waals surface area (Å²) >= 11 is 3.53. The molecular formula is C18H18BrN3O. The Balaban J connectivity index is 1.82. The normalized spacial score (nSPS) is 10.3. The Labute approximate surface area is 144 Å². The van der Waals surface area contributed by atoms with E-state index in [1.165, 1.54) is 5.56 Å². The summed E-state index contributed by atoms with van der Waals surface area (Å²) in [5, 5.41) is 11.7. The summed E-state index contributed by atoms with van der Waals surface area (Å²) in [6.45, 7) is 1.43. The van der Waals surface area contributed by atoms with Crippen LogP contribution in [0.15, 0.2) is 53.0 Å². The summed E-state index contributed by atoms with van der Waals surface area (Å²) in [7, 11) is 1.99. The molecule has 0 heterocycles. The molecule has 0 aliphatic heterocycles. The van der Waals surface area contributed by atoms with Crippen LogP contribution >= 0.6 is 15.9 Å². The van der Waals surface area contributed by atoms with Gasteiger partial charge in [-0.2, -0.15) is 5.26 Å². The van der Waals surface area contributed by atoms with Crippen LogP contribution in [0, 0.1) is 11.3 Å². The second kappa shape index (κ2) is 8.47. The van der Waals surface area contributed by atoms with Gasteiger partial charge < -0.3 is 10.2 Å². The summed E-state index contributed by atoms with van der Waals surface area (Å²) in [4.78, 5) is 14.1. The number of carbonyl (C=O) groups is 1. The largest absolute Gasteiger partial charge is 0.326 e. The van der Waals surface area contributed by atoms with E-state index < -0.39 is 0 Å². The number of hydrogen-bond acceptors (Lipinski definition) is 3. The van der Waals surface area contributed by atoms with Crippen molar-refractivity contribution in [2.45, 2.75) is 13.0 Å². The highest BCUT2D eigenvalue weighted by atomic mass is 79.9. The van der Waals surface area contributed by atoms with E-state index >= 15 is 0 Å². The second-order valence-corrected chi connectivity index (χ2v) is 6.17. The summed E-state index contributed by atoms with van der Waals surface area (Å²) in [6, 6.07) is 17.0. The van der Waals surface area contributed by atoms with Gasteiger partial charge in [-0.3, -0.25) is 4.79 Å². The van der Waals surface area contributed by atoms with Gasteiger partial charge in [0, 0.05) is 29.7 Å². The third kappa shape index (κ3) is 5.51. The first-order valence-electron chi connectivity index (χ1n) is 7.30. The minimum absolute atomic E-state index is 0.0564. The Bertz CT molecular complexity index is 724. The van der Waals surface area contributed by atoms with Gasteiger partial charge in [0.15, 0.2) is 0 Å². The van der Waals surface area contributed by atoms with E-state index in [1.54, 1.807) is 24.3 Å². The highest BCUT2D eigenvalue weighted by Crippen LogP contribution is 2.17. The summed E-state index contributed by atoms with van der Waals surface area (Å²) < 4.78 is 1.07. The van der Waals surface area contributed by atoms with Crippen LogP contribution in [0.25, 0.3) is 0 Å². The number of carbonyl (C=O) groups excluding carboxylic acids is 1. The number of nitrogens with zero attached hydrogens (tertiary/aromatic N) is 2. The maximum absolute atomic E-state index is 12.0. The molecule has 0 aromatic heterocycles.